The average molecular weight is 248 g/mol. The van der Waals surface area contributed by atoms with Crippen molar-refractivity contribution in [3.8, 4) is 16.3 Å². The first-order valence-electron chi connectivity index (χ1n) is 5.72. The van der Waals surface area contributed by atoms with Crippen molar-refractivity contribution in [1.82, 2.24) is 4.98 Å². The monoisotopic (exact) mass is 248 g/mol. The third kappa shape index (κ3) is 2.65. The number of nitrogens with zero attached hydrogens (tertiary/aromatic N) is 1. The number of aryl methyl sites for hydroxylation is 1. The maximum atomic E-state index is 9.26. The number of benzene rings is 1. The zero-order chi connectivity index (χ0) is 12.3. The molecule has 0 saturated heterocycles. The SMILES string of the molecule is CCCc1nc(-c2ccc(O)cc2)sc1CN. The lowest BCUT2D eigenvalue weighted by Crippen LogP contribution is -1.97. The highest BCUT2D eigenvalue weighted by Crippen LogP contribution is 2.29. The minimum Gasteiger partial charge on any atom is -0.508 e. The van der Waals surface area contributed by atoms with Crippen molar-refractivity contribution in [2.75, 3.05) is 0 Å². The van der Waals surface area contributed by atoms with Gasteiger partial charge in [0.15, 0.2) is 0 Å². The molecule has 3 N–H and O–H groups in total. The van der Waals surface area contributed by atoms with E-state index in [0.29, 0.717) is 6.54 Å². The summed E-state index contributed by atoms with van der Waals surface area (Å²) in [4.78, 5) is 5.79. The van der Waals surface area contributed by atoms with E-state index in [9.17, 15) is 5.11 Å². The molecule has 1 aromatic carbocycles. The molecular formula is C13H16N2OS. The number of hydrogen-bond acceptors (Lipinski definition) is 4. The van der Waals surface area contributed by atoms with Gasteiger partial charge in [0.25, 0.3) is 0 Å². The summed E-state index contributed by atoms with van der Waals surface area (Å²) in [6.45, 7) is 2.69. The minimum atomic E-state index is 0.276. The number of nitrogens with two attached hydrogens (primary N) is 1. The molecule has 4 heteroatoms. The van der Waals surface area contributed by atoms with Crippen LogP contribution in [0.4, 0.5) is 0 Å². The van der Waals surface area contributed by atoms with Crippen molar-refractivity contribution in [2.45, 2.75) is 26.3 Å². The first-order valence-corrected chi connectivity index (χ1v) is 6.54. The Labute approximate surface area is 105 Å². The van der Waals surface area contributed by atoms with Crippen LogP contribution in [-0.4, -0.2) is 10.1 Å². The minimum absolute atomic E-state index is 0.276. The standard InChI is InChI=1S/C13H16N2OS/c1-2-3-11-12(8-14)17-13(15-11)9-4-6-10(16)7-5-9/h4-7,16H,2-3,8,14H2,1H3. The first-order chi connectivity index (χ1) is 8.24. The molecule has 0 unspecified atom stereocenters. The summed E-state index contributed by atoms with van der Waals surface area (Å²) in [7, 11) is 0. The highest BCUT2D eigenvalue weighted by molar-refractivity contribution is 7.15. The molecule has 0 atom stereocenters. The van der Waals surface area contributed by atoms with Gasteiger partial charge in [0.2, 0.25) is 0 Å². The van der Waals surface area contributed by atoms with Gasteiger partial charge in [-0.3, -0.25) is 0 Å². The number of rotatable bonds is 4. The molecule has 0 amide bonds. The Morgan fingerprint density at radius 3 is 2.59 bits per heavy atom. The second-order valence-corrected chi connectivity index (χ2v) is 4.97. The molecule has 2 aromatic rings. The van der Waals surface area contributed by atoms with E-state index in [4.69, 9.17) is 5.73 Å². The van der Waals surface area contributed by atoms with E-state index >= 15 is 0 Å². The highest BCUT2D eigenvalue weighted by atomic mass is 32.1. The summed E-state index contributed by atoms with van der Waals surface area (Å²) in [6.07, 6.45) is 2.05. The Kier molecular flexibility index (Phi) is 3.76. The molecule has 0 saturated carbocycles. The van der Waals surface area contributed by atoms with Crippen LogP contribution >= 0.6 is 11.3 Å². The molecule has 0 fully saturated rings. The number of phenolic OH excluding ortho intramolecular Hbond substituents is 1. The van der Waals surface area contributed by atoms with Crippen LogP contribution in [0.2, 0.25) is 0 Å². The smallest absolute Gasteiger partial charge is 0.123 e. The number of thiazole rings is 1. The van der Waals surface area contributed by atoms with E-state index in [-0.39, 0.29) is 5.75 Å². The van der Waals surface area contributed by atoms with E-state index in [0.717, 1.165) is 34.0 Å². The molecule has 0 aliphatic carbocycles. The van der Waals surface area contributed by atoms with Gasteiger partial charge in [-0.1, -0.05) is 13.3 Å². The Balaban J connectivity index is 2.35. The summed E-state index contributed by atoms with van der Waals surface area (Å²) in [6, 6.07) is 7.12. The molecule has 3 nitrogen and oxygen atoms in total. The van der Waals surface area contributed by atoms with Gasteiger partial charge in [0.1, 0.15) is 10.8 Å². The van der Waals surface area contributed by atoms with E-state index in [1.807, 2.05) is 12.1 Å². The number of aromatic hydroxyl groups is 1. The van der Waals surface area contributed by atoms with Crippen molar-refractivity contribution in [1.29, 1.82) is 0 Å². The fourth-order valence-electron chi connectivity index (χ4n) is 1.70. The summed E-state index contributed by atoms with van der Waals surface area (Å²) >= 11 is 1.64. The Bertz CT molecular complexity index is 491. The fourth-order valence-corrected chi connectivity index (χ4v) is 2.69. The second kappa shape index (κ2) is 5.29. The molecule has 0 aliphatic heterocycles. The van der Waals surface area contributed by atoms with Crippen LogP contribution in [0.25, 0.3) is 10.6 Å². The Hall–Kier alpha value is -1.39. The van der Waals surface area contributed by atoms with Crippen molar-refractivity contribution >= 4 is 11.3 Å². The third-order valence-corrected chi connectivity index (χ3v) is 3.73. The fraction of sp³-hybridized carbons (Fsp3) is 0.308. The molecule has 0 bridgehead atoms. The summed E-state index contributed by atoms with van der Waals surface area (Å²) in [5, 5.41) is 10.2. The molecule has 1 heterocycles. The van der Waals surface area contributed by atoms with Crippen LogP contribution < -0.4 is 5.73 Å². The summed E-state index contributed by atoms with van der Waals surface area (Å²) in [5.41, 5.74) is 7.87. The number of phenols is 1. The lowest BCUT2D eigenvalue weighted by Gasteiger charge is -1.96. The normalized spacial score (nSPS) is 10.7. The molecular weight excluding hydrogens is 232 g/mol. The number of aromatic nitrogens is 1. The van der Waals surface area contributed by atoms with Crippen molar-refractivity contribution in [3.63, 3.8) is 0 Å². The Morgan fingerprint density at radius 2 is 2.00 bits per heavy atom. The summed E-state index contributed by atoms with van der Waals surface area (Å²) in [5.74, 6) is 0.276. The topological polar surface area (TPSA) is 59.1 Å². The van der Waals surface area contributed by atoms with Gasteiger partial charge in [-0.25, -0.2) is 4.98 Å². The van der Waals surface area contributed by atoms with Gasteiger partial charge in [-0.2, -0.15) is 0 Å². The first kappa shape index (κ1) is 12.1. The zero-order valence-corrected chi connectivity index (χ0v) is 10.6. The molecule has 90 valence electrons. The maximum absolute atomic E-state index is 9.26. The maximum Gasteiger partial charge on any atom is 0.123 e. The van der Waals surface area contributed by atoms with E-state index in [1.165, 1.54) is 0 Å². The molecule has 2 rings (SSSR count). The van der Waals surface area contributed by atoms with Crippen molar-refractivity contribution < 1.29 is 5.11 Å². The van der Waals surface area contributed by atoms with Gasteiger partial charge >= 0.3 is 0 Å². The van der Waals surface area contributed by atoms with Crippen molar-refractivity contribution in [2.24, 2.45) is 5.73 Å². The van der Waals surface area contributed by atoms with Crippen LogP contribution in [0.1, 0.15) is 23.9 Å². The van der Waals surface area contributed by atoms with Crippen LogP contribution in [0, 0.1) is 0 Å². The van der Waals surface area contributed by atoms with Crippen LogP contribution in [-0.2, 0) is 13.0 Å². The van der Waals surface area contributed by atoms with E-state index in [1.54, 1.807) is 23.5 Å². The predicted molar refractivity (Wildman–Crippen MR) is 71.1 cm³/mol. The van der Waals surface area contributed by atoms with E-state index in [2.05, 4.69) is 11.9 Å². The lowest BCUT2D eigenvalue weighted by molar-refractivity contribution is 0.475. The molecule has 1 aromatic heterocycles. The van der Waals surface area contributed by atoms with Crippen LogP contribution in [0.15, 0.2) is 24.3 Å². The average Bonchev–Trinajstić information content (AvgIpc) is 2.74. The van der Waals surface area contributed by atoms with Crippen LogP contribution in [0.3, 0.4) is 0 Å². The van der Waals surface area contributed by atoms with Gasteiger partial charge in [0, 0.05) is 17.0 Å². The van der Waals surface area contributed by atoms with Gasteiger partial charge < -0.3 is 10.8 Å². The molecule has 0 aliphatic rings. The summed E-state index contributed by atoms with van der Waals surface area (Å²) < 4.78 is 0. The number of hydrogen-bond donors (Lipinski definition) is 2. The largest absolute Gasteiger partial charge is 0.508 e. The molecule has 0 spiro atoms. The van der Waals surface area contributed by atoms with Gasteiger partial charge in [0.05, 0.1) is 5.69 Å². The third-order valence-electron chi connectivity index (χ3n) is 2.56. The van der Waals surface area contributed by atoms with Crippen LogP contribution in [0.5, 0.6) is 5.75 Å². The van der Waals surface area contributed by atoms with Gasteiger partial charge in [-0.15, -0.1) is 11.3 Å². The molecule has 17 heavy (non-hydrogen) atoms. The van der Waals surface area contributed by atoms with E-state index < -0.39 is 0 Å². The highest BCUT2D eigenvalue weighted by Gasteiger charge is 2.10. The predicted octanol–water partition coefficient (Wildman–Crippen LogP) is 2.93. The zero-order valence-electron chi connectivity index (χ0n) is 9.81. The lowest BCUT2D eigenvalue weighted by atomic mass is 10.2. The van der Waals surface area contributed by atoms with Gasteiger partial charge in [-0.05, 0) is 30.7 Å². The Morgan fingerprint density at radius 1 is 1.29 bits per heavy atom. The molecule has 0 radical (unpaired) electrons. The second-order valence-electron chi connectivity index (χ2n) is 3.89. The quantitative estimate of drug-likeness (QED) is 0.874. The van der Waals surface area contributed by atoms with Crippen molar-refractivity contribution in [3.05, 3.63) is 34.8 Å².